The lowest BCUT2D eigenvalue weighted by Gasteiger charge is -2.46. The topological polar surface area (TPSA) is 84.8 Å². The van der Waals surface area contributed by atoms with Gasteiger partial charge in [-0.1, -0.05) is 107 Å². The van der Waals surface area contributed by atoms with E-state index in [1.165, 1.54) is 0 Å². The molecule has 2 heterocycles. The second-order valence-corrected chi connectivity index (χ2v) is 12.6. The summed E-state index contributed by atoms with van der Waals surface area (Å²) in [6.45, 7) is 11.7. The summed E-state index contributed by atoms with van der Waals surface area (Å²) in [6, 6.07) is 16.0. The Morgan fingerprint density at radius 3 is 2.06 bits per heavy atom. The Morgan fingerprint density at radius 2 is 1.38 bits per heavy atom. The maximum atomic E-state index is 6.96. The monoisotopic (exact) mass is 667 g/mol. The van der Waals surface area contributed by atoms with Crippen LogP contribution in [-0.4, -0.2) is 72.6 Å². The third kappa shape index (κ3) is 11.3. The number of benzene rings is 2. The number of rotatable bonds is 21. The molecule has 0 spiro atoms. The van der Waals surface area contributed by atoms with E-state index in [2.05, 4.69) is 44.0 Å². The molecule has 0 bridgehead atoms. The molecule has 1 saturated heterocycles. The van der Waals surface area contributed by atoms with Gasteiger partial charge in [0.1, 0.15) is 30.5 Å². The molecule has 0 saturated carbocycles. The summed E-state index contributed by atoms with van der Waals surface area (Å²) in [5, 5.41) is 9.22. The zero-order chi connectivity index (χ0) is 33.3. The van der Waals surface area contributed by atoms with Crippen LogP contribution in [0.25, 0.3) is 11.3 Å². The van der Waals surface area contributed by atoms with Gasteiger partial charge in [-0.05, 0) is 42.9 Å². The van der Waals surface area contributed by atoms with Crippen LogP contribution in [-0.2, 0) is 30.1 Å². The second-order valence-electron chi connectivity index (χ2n) is 12.2. The number of nitrogens with zero attached hydrogens (tertiary/aromatic N) is 3. The van der Waals surface area contributed by atoms with E-state index in [0.717, 1.165) is 73.8 Å². The van der Waals surface area contributed by atoms with Crippen LogP contribution in [0.4, 0.5) is 0 Å². The zero-order valence-electron chi connectivity index (χ0n) is 28.7. The van der Waals surface area contributed by atoms with Crippen molar-refractivity contribution in [3.63, 3.8) is 0 Å². The van der Waals surface area contributed by atoms with E-state index in [1.54, 1.807) is 6.20 Å². The molecular formula is C38H54ClN3O5. The predicted molar refractivity (Wildman–Crippen MR) is 187 cm³/mol. The van der Waals surface area contributed by atoms with Crippen molar-refractivity contribution in [2.75, 3.05) is 33.0 Å². The predicted octanol–water partition coefficient (Wildman–Crippen LogP) is 8.60. The molecule has 0 unspecified atom stereocenters. The molecule has 0 N–H and O–H groups in total. The van der Waals surface area contributed by atoms with Gasteiger partial charge in [0, 0.05) is 43.4 Å². The van der Waals surface area contributed by atoms with E-state index in [9.17, 15) is 0 Å². The molecule has 5 atom stereocenters. The SMILES string of the molecule is CCCCOC[C@H]1O[C@@H](c2ccc(Cl)c(Cc3nncc(-c4ccccc4)n3)c2)[C@H](OCCCC)[C@@H](OCCCC)[C@@H]1OCCCC. The molecule has 0 radical (unpaired) electrons. The van der Waals surface area contributed by atoms with Gasteiger partial charge in [-0.3, -0.25) is 0 Å². The molecule has 0 aliphatic carbocycles. The lowest BCUT2D eigenvalue weighted by atomic mass is 9.89. The number of hydrogen-bond acceptors (Lipinski definition) is 8. The maximum absolute atomic E-state index is 6.96. The summed E-state index contributed by atoms with van der Waals surface area (Å²) >= 11 is 6.80. The van der Waals surface area contributed by atoms with Gasteiger partial charge in [0.25, 0.3) is 0 Å². The minimum Gasteiger partial charge on any atom is -0.379 e. The van der Waals surface area contributed by atoms with Crippen LogP contribution in [0.5, 0.6) is 0 Å². The van der Waals surface area contributed by atoms with Crippen molar-refractivity contribution in [3.8, 4) is 11.3 Å². The number of unbranched alkanes of at least 4 members (excludes halogenated alkanes) is 4. The van der Waals surface area contributed by atoms with Crippen LogP contribution in [0, 0.1) is 0 Å². The van der Waals surface area contributed by atoms with Crippen LogP contribution in [0.2, 0.25) is 5.02 Å². The van der Waals surface area contributed by atoms with Gasteiger partial charge in [0.05, 0.1) is 18.5 Å². The molecule has 4 rings (SSSR count). The van der Waals surface area contributed by atoms with Crippen molar-refractivity contribution in [1.82, 2.24) is 15.2 Å². The highest BCUT2D eigenvalue weighted by molar-refractivity contribution is 6.31. The summed E-state index contributed by atoms with van der Waals surface area (Å²) in [7, 11) is 0. The first-order chi connectivity index (χ1) is 23.1. The second kappa shape index (κ2) is 20.8. The third-order valence-electron chi connectivity index (χ3n) is 8.40. The Labute approximate surface area is 286 Å². The Bertz CT molecular complexity index is 1300. The largest absolute Gasteiger partial charge is 0.379 e. The van der Waals surface area contributed by atoms with Crippen molar-refractivity contribution in [2.24, 2.45) is 0 Å². The normalized spacial score (nSPS) is 21.3. The fourth-order valence-electron chi connectivity index (χ4n) is 5.67. The fourth-order valence-corrected chi connectivity index (χ4v) is 5.85. The summed E-state index contributed by atoms with van der Waals surface area (Å²) in [4.78, 5) is 4.81. The highest BCUT2D eigenvalue weighted by atomic mass is 35.5. The van der Waals surface area contributed by atoms with Gasteiger partial charge in [-0.2, -0.15) is 5.10 Å². The number of hydrogen-bond donors (Lipinski definition) is 0. The van der Waals surface area contributed by atoms with Crippen LogP contribution < -0.4 is 0 Å². The Kier molecular flexibility index (Phi) is 16.5. The number of ether oxygens (including phenoxy) is 5. The smallest absolute Gasteiger partial charge is 0.156 e. The van der Waals surface area contributed by atoms with Gasteiger partial charge in [-0.25, -0.2) is 4.98 Å². The summed E-state index contributed by atoms with van der Waals surface area (Å²) in [5.41, 5.74) is 3.62. The van der Waals surface area contributed by atoms with E-state index in [-0.39, 0.29) is 24.4 Å². The molecule has 47 heavy (non-hydrogen) atoms. The summed E-state index contributed by atoms with van der Waals surface area (Å²) in [6.07, 6.45) is 8.46. The molecule has 258 valence electrons. The van der Waals surface area contributed by atoms with E-state index in [0.29, 0.717) is 50.3 Å². The minimum absolute atomic E-state index is 0.310. The molecule has 8 nitrogen and oxygen atoms in total. The first-order valence-electron chi connectivity index (χ1n) is 17.7. The van der Waals surface area contributed by atoms with E-state index >= 15 is 0 Å². The fraction of sp³-hybridized carbons (Fsp3) is 0.605. The van der Waals surface area contributed by atoms with Gasteiger partial charge in [0.2, 0.25) is 0 Å². The van der Waals surface area contributed by atoms with Crippen molar-refractivity contribution in [2.45, 2.75) is 116 Å². The molecule has 1 aliphatic heterocycles. The van der Waals surface area contributed by atoms with Crippen molar-refractivity contribution >= 4 is 11.6 Å². The highest BCUT2D eigenvalue weighted by Crippen LogP contribution is 2.39. The van der Waals surface area contributed by atoms with Crippen LogP contribution in [0.1, 0.15) is 102 Å². The van der Waals surface area contributed by atoms with Crippen LogP contribution >= 0.6 is 11.6 Å². The Morgan fingerprint density at radius 1 is 0.745 bits per heavy atom. The average molecular weight is 668 g/mol. The minimum atomic E-state index is -0.407. The molecule has 1 fully saturated rings. The van der Waals surface area contributed by atoms with Crippen molar-refractivity contribution in [1.29, 1.82) is 0 Å². The van der Waals surface area contributed by atoms with Crippen molar-refractivity contribution < 1.29 is 23.7 Å². The lowest BCUT2D eigenvalue weighted by Crippen LogP contribution is -2.58. The van der Waals surface area contributed by atoms with Gasteiger partial charge >= 0.3 is 0 Å². The Hall–Kier alpha value is -2.46. The summed E-state index contributed by atoms with van der Waals surface area (Å²) in [5.74, 6) is 0.595. The summed E-state index contributed by atoms with van der Waals surface area (Å²) < 4.78 is 33.1. The highest BCUT2D eigenvalue weighted by Gasteiger charge is 2.48. The average Bonchev–Trinajstić information content (AvgIpc) is 3.10. The third-order valence-corrected chi connectivity index (χ3v) is 8.77. The van der Waals surface area contributed by atoms with E-state index in [4.69, 9.17) is 40.3 Å². The molecule has 0 amide bonds. The van der Waals surface area contributed by atoms with Crippen LogP contribution in [0.3, 0.4) is 0 Å². The lowest BCUT2D eigenvalue weighted by molar-refractivity contribution is -0.268. The van der Waals surface area contributed by atoms with E-state index in [1.807, 2.05) is 42.5 Å². The number of aromatic nitrogens is 3. The first kappa shape index (κ1) is 37.4. The molecule has 9 heteroatoms. The first-order valence-corrected chi connectivity index (χ1v) is 18.1. The zero-order valence-corrected chi connectivity index (χ0v) is 29.5. The van der Waals surface area contributed by atoms with Crippen LogP contribution in [0.15, 0.2) is 54.7 Å². The Balaban J connectivity index is 1.67. The molecule has 3 aromatic rings. The van der Waals surface area contributed by atoms with E-state index < -0.39 is 6.10 Å². The van der Waals surface area contributed by atoms with Gasteiger partial charge in [0.15, 0.2) is 5.82 Å². The standard InChI is InChI=1S/C38H54ClN3O5/c1-5-9-20-43-27-33-36(44-21-10-6-2)38(46-23-12-8-4)37(45-22-11-7-3)35(47-33)29-18-19-31(39)30(24-29)25-34-41-32(26-40-42-34)28-16-14-13-15-17-28/h13-19,24,26,33,35-38H,5-12,20-23,25,27H2,1-4H3/t33-,35+,36-,37+,38+/m1/s1. The quantitative estimate of drug-likeness (QED) is 0.104. The maximum Gasteiger partial charge on any atom is 0.156 e. The molecule has 2 aromatic carbocycles. The van der Waals surface area contributed by atoms with Gasteiger partial charge in [-0.15, -0.1) is 5.10 Å². The molecule has 1 aromatic heterocycles. The van der Waals surface area contributed by atoms with Gasteiger partial charge < -0.3 is 23.7 Å². The number of halogens is 1. The molecular weight excluding hydrogens is 614 g/mol. The van der Waals surface area contributed by atoms with Crippen molar-refractivity contribution in [3.05, 3.63) is 76.7 Å². The molecule has 1 aliphatic rings.